The summed E-state index contributed by atoms with van der Waals surface area (Å²) in [5, 5.41) is 3.06. The molecule has 5 rings (SSSR count). The topological polar surface area (TPSA) is 71.8 Å². The summed E-state index contributed by atoms with van der Waals surface area (Å²) in [6.07, 6.45) is 7.24. The van der Waals surface area contributed by atoms with Gasteiger partial charge in [0.2, 0.25) is 5.95 Å². The summed E-state index contributed by atoms with van der Waals surface area (Å²) < 4.78 is 31.8. The van der Waals surface area contributed by atoms with E-state index in [1.807, 2.05) is 49.7 Å². The first-order valence-corrected chi connectivity index (χ1v) is 13.6. The van der Waals surface area contributed by atoms with E-state index in [0.717, 1.165) is 44.2 Å². The van der Waals surface area contributed by atoms with Crippen molar-refractivity contribution < 1.29 is 8.78 Å². The molecule has 3 aromatic heterocycles. The average Bonchev–Trinajstić information content (AvgIpc) is 3.28. The number of allylic oxidation sites excluding steroid dienone is 1. The van der Waals surface area contributed by atoms with Crippen molar-refractivity contribution >= 4 is 22.8 Å². The Morgan fingerprint density at radius 2 is 1.85 bits per heavy atom. The molecule has 204 valence electrons. The highest BCUT2D eigenvalue weighted by atomic mass is 19.1. The molecule has 39 heavy (non-hydrogen) atoms. The van der Waals surface area contributed by atoms with E-state index in [0.29, 0.717) is 28.6 Å². The second kappa shape index (κ2) is 11.2. The number of hydrogen-bond acceptors (Lipinski definition) is 6. The van der Waals surface area contributed by atoms with Gasteiger partial charge in [0.15, 0.2) is 11.6 Å². The van der Waals surface area contributed by atoms with Crippen LogP contribution in [-0.2, 0) is 0 Å². The standard InChI is InChI=1S/C30H35F2N7/c1-6-23(20-10-12-38(7-2)13-11-20)21-8-9-27(33-16-21)36-30-34-17-25(32)28(37-30)22-14-24(31)29-26(15-22)39(18(3)4)19(5)35-29/h6,8-9,14-18,20,23H,1,7,10-13H2,2-5H3,(H,33,34,36,37). The van der Waals surface area contributed by atoms with Crippen molar-refractivity contribution in [3.8, 4) is 11.3 Å². The number of aryl methyl sites for hydroxylation is 1. The number of rotatable bonds is 8. The van der Waals surface area contributed by atoms with E-state index < -0.39 is 11.6 Å². The quantitative estimate of drug-likeness (QED) is 0.252. The Hall–Kier alpha value is -3.72. The summed E-state index contributed by atoms with van der Waals surface area (Å²) >= 11 is 0. The fourth-order valence-electron chi connectivity index (χ4n) is 5.71. The molecule has 1 fully saturated rings. The van der Waals surface area contributed by atoms with Crippen LogP contribution in [0, 0.1) is 24.5 Å². The Kier molecular flexibility index (Phi) is 7.70. The van der Waals surface area contributed by atoms with E-state index in [4.69, 9.17) is 0 Å². The lowest BCUT2D eigenvalue weighted by Gasteiger charge is -2.34. The Morgan fingerprint density at radius 1 is 1.08 bits per heavy atom. The largest absolute Gasteiger partial charge is 0.326 e. The van der Waals surface area contributed by atoms with Crippen LogP contribution in [0.15, 0.2) is 49.3 Å². The number of pyridine rings is 1. The molecule has 0 amide bonds. The maximum Gasteiger partial charge on any atom is 0.229 e. The number of anilines is 2. The predicted molar refractivity (Wildman–Crippen MR) is 151 cm³/mol. The molecule has 1 saturated heterocycles. The Balaban J connectivity index is 1.38. The van der Waals surface area contributed by atoms with Crippen LogP contribution in [0.25, 0.3) is 22.3 Å². The van der Waals surface area contributed by atoms with Crippen molar-refractivity contribution in [3.63, 3.8) is 0 Å². The molecule has 4 aromatic rings. The van der Waals surface area contributed by atoms with Crippen molar-refractivity contribution in [2.45, 2.75) is 52.5 Å². The van der Waals surface area contributed by atoms with E-state index in [1.165, 1.54) is 6.07 Å². The number of benzene rings is 1. The minimum atomic E-state index is -0.641. The van der Waals surface area contributed by atoms with Crippen molar-refractivity contribution in [3.05, 3.63) is 72.3 Å². The zero-order valence-corrected chi connectivity index (χ0v) is 23.0. The number of likely N-dealkylation sites (tertiary alicyclic amines) is 1. The van der Waals surface area contributed by atoms with E-state index >= 15 is 0 Å². The predicted octanol–water partition coefficient (Wildman–Crippen LogP) is 6.80. The van der Waals surface area contributed by atoms with Crippen LogP contribution in [0.4, 0.5) is 20.5 Å². The van der Waals surface area contributed by atoms with E-state index in [2.05, 4.69) is 43.7 Å². The monoisotopic (exact) mass is 531 g/mol. The molecule has 4 heterocycles. The second-order valence-electron chi connectivity index (χ2n) is 10.5. The fraction of sp³-hybridized carbons (Fsp3) is 0.400. The lowest BCUT2D eigenvalue weighted by molar-refractivity contribution is 0.184. The van der Waals surface area contributed by atoms with Gasteiger partial charge in [0.1, 0.15) is 22.9 Å². The summed E-state index contributed by atoms with van der Waals surface area (Å²) in [6.45, 7) is 15.4. The van der Waals surface area contributed by atoms with E-state index in [-0.39, 0.29) is 29.1 Å². The smallest absolute Gasteiger partial charge is 0.229 e. The van der Waals surface area contributed by atoms with Crippen LogP contribution < -0.4 is 5.32 Å². The lowest BCUT2D eigenvalue weighted by atomic mass is 9.80. The average molecular weight is 532 g/mol. The first-order chi connectivity index (χ1) is 18.8. The van der Waals surface area contributed by atoms with Crippen molar-refractivity contribution in [2.24, 2.45) is 5.92 Å². The molecule has 0 saturated carbocycles. The van der Waals surface area contributed by atoms with Gasteiger partial charge >= 0.3 is 0 Å². The van der Waals surface area contributed by atoms with Crippen LogP contribution in [-0.4, -0.2) is 49.0 Å². The maximum absolute atomic E-state index is 15.0. The molecule has 0 bridgehead atoms. The fourth-order valence-corrected chi connectivity index (χ4v) is 5.71. The molecule has 0 aliphatic carbocycles. The van der Waals surface area contributed by atoms with Gasteiger partial charge in [0.25, 0.3) is 0 Å². The van der Waals surface area contributed by atoms with Crippen LogP contribution >= 0.6 is 0 Å². The van der Waals surface area contributed by atoms with Crippen molar-refractivity contribution in [1.29, 1.82) is 0 Å². The van der Waals surface area contributed by atoms with Gasteiger partial charge in [-0.2, -0.15) is 0 Å². The molecule has 1 N–H and O–H groups in total. The third-order valence-electron chi connectivity index (χ3n) is 7.71. The molecule has 1 unspecified atom stereocenters. The Bertz CT molecular complexity index is 1470. The molecule has 1 aliphatic rings. The highest BCUT2D eigenvalue weighted by Crippen LogP contribution is 2.34. The minimum Gasteiger partial charge on any atom is -0.326 e. The SMILES string of the molecule is C=CC(c1ccc(Nc2ncc(F)c(-c3cc(F)c4nc(C)n(C(C)C)c4c3)n2)nc1)C1CCN(CC)CC1. The highest BCUT2D eigenvalue weighted by Gasteiger charge is 2.25. The number of fused-ring (bicyclic) bond motifs is 1. The Labute approximate surface area is 228 Å². The van der Waals surface area contributed by atoms with Gasteiger partial charge in [0, 0.05) is 23.7 Å². The van der Waals surface area contributed by atoms with Gasteiger partial charge in [0.05, 0.1) is 11.7 Å². The van der Waals surface area contributed by atoms with Crippen LogP contribution in [0.1, 0.15) is 57.0 Å². The summed E-state index contributed by atoms with van der Waals surface area (Å²) in [4.78, 5) is 19.9. The van der Waals surface area contributed by atoms with Gasteiger partial charge in [-0.15, -0.1) is 6.58 Å². The van der Waals surface area contributed by atoms with Crippen LogP contribution in [0.5, 0.6) is 0 Å². The van der Waals surface area contributed by atoms with Crippen molar-refractivity contribution in [1.82, 2.24) is 29.4 Å². The molecule has 1 aliphatic heterocycles. The molecule has 7 nitrogen and oxygen atoms in total. The number of nitrogens with zero attached hydrogens (tertiary/aromatic N) is 6. The summed E-state index contributed by atoms with van der Waals surface area (Å²) in [7, 11) is 0. The molecule has 9 heteroatoms. The molecular formula is C30H35F2N7. The summed E-state index contributed by atoms with van der Waals surface area (Å²) in [5.74, 6) is 1.03. The number of imidazole rings is 1. The molecule has 1 atom stereocenters. The van der Waals surface area contributed by atoms with Gasteiger partial charge in [-0.3, -0.25) is 0 Å². The van der Waals surface area contributed by atoms with Gasteiger partial charge in [-0.05, 0) is 82.9 Å². The number of halogens is 2. The van der Waals surface area contributed by atoms with Gasteiger partial charge in [-0.25, -0.2) is 28.7 Å². The second-order valence-corrected chi connectivity index (χ2v) is 10.5. The number of nitrogens with one attached hydrogen (secondary N) is 1. The van der Waals surface area contributed by atoms with Gasteiger partial charge < -0.3 is 14.8 Å². The maximum atomic E-state index is 15.0. The molecule has 0 radical (unpaired) electrons. The lowest BCUT2D eigenvalue weighted by Crippen LogP contribution is -2.35. The van der Waals surface area contributed by atoms with Crippen LogP contribution in [0.2, 0.25) is 0 Å². The molecule has 1 aromatic carbocycles. The normalized spacial score (nSPS) is 15.7. The zero-order valence-electron chi connectivity index (χ0n) is 23.0. The van der Waals surface area contributed by atoms with Crippen LogP contribution in [0.3, 0.4) is 0 Å². The van der Waals surface area contributed by atoms with Crippen molar-refractivity contribution in [2.75, 3.05) is 25.0 Å². The zero-order chi connectivity index (χ0) is 27.7. The van der Waals surface area contributed by atoms with E-state index in [1.54, 1.807) is 6.07 Å². The van der Waals surface area contributed by atoms with E-state index in [9.17, 15) is 8.78 Å². The third kappa shape index (κ3) is 5.41. The van der Waals surface area contributed by atoms with Gasteiger partial charge in [-0.1, -0.05) is 19.1 Å². The molecule has 0 spiro atoms. The summed E-state index contributed by atoms with van der Waals surface area (Å²) in [5.41, 5.74) is 2.29. The first kappa shape index (κ1) is 26.9. The number of aromatic nitrogens is 5. The molecular weight excluding hydrogens is 496 g/mol. The highest BCUT2D eigenvalue weighted by molar-refractivity contribution is 5.83. The summed E-state index contributed by atoms with van der Waals surface area (Å²) in [6, 6.07) is 6.96. The third-order valence-corrected chi connectivity index (χ3v) is 7.71. The number of hydrogen-bond donors (Lipinski definition) is 1. The first-order valence-electron chi connectivity index (χ1n) is 13.6. The Morgan fingerprint density at radius 3 is 2.49 bits per heavy atom. The minimum absolute atomic E-state index is 0.00391. The number of piperidine rings is 1.